The summed E-state index contributed by atoms with van der Waals surface area (Å²) in [6, 6.07) is 7.99. The summed E-state index contributed by atoms with van der Waals surface area (Å²) in [6.45, 7) is 4.60. The first-order valence-corrected chi connectivity index (χ1v) is 6.86. The number of aliphatic hydroxyl groups is 1. The van der Waals surface area contributed by atoms with E-state index in [1.54, 1.807) is 0 Å². The summed E-state index contributed by atoms with van der Waals surface area (Å²) in [7, 11) is 0. The minimum Gasteiger partial charge on any atom is -0.394 e. The van der Waals surface area contributed by atoms with Crippen molar-refractivity contribution < 1.29 is 9.84 Å². The average molecular weight is 280 g/mol. The predicted octanol–water partition coefficient (Wildman–Crippen LogP) is 0.902. The van der Waals surface area contributed by atoms with Crippen LogP contribution in [0, 0.1) is 0 Å². The molecule has 19 heavy (non-hydrogen) atoms. The van der Waals surface area contributed by atoms with E-state index in [0.29, 0.717) is 4.99 Å². The molecule has 1 aliphatic heterocycles. The number of hydrogen-bond donors (Lipinski definition) is 2. The number of ether oxygens (including phenoxy) is 1. The van der Waals surface area contributed by atoms with Crippen LogP contribution in [-0.2, 0) is 11.3 Å². The molecule has 1 aromatic carbocycles. The first-order chi connectivity index (χ1) is 9.08. The normalized spacial score (nSPS) is 24.3. The average Bonchev–Trinajstić information content (AvgIpc) is 2.38. The first kappa shape index (κ1) is 14.4. The second-order valence-corrected chi connectivity index (χ2v) is 5.45. The van der Waals surface area contributed by atoms with E-state index < -0.39 is 0 Å². The maximum atomic E-state index is 9.21. The van der Waals surface area contributed by atoms with Crippen molar-refractivity contribution in [2.24, 2.45) is 5.73 Å². The number of thiocarbonyl (C=S) groups is 1. The van der Waals surface area contributed by atoms with Crippen molar-refractivity contribution in [2.45, 2.75) is 25.7 Å². The molecule has 2 atom stereocenters. The van der Waals surface area contributed by atoms with Gasteiger partial charge in [-0.1, -0.05) is 36.5 Å². The summed E-state index contributed by atoms with van der Waals surface area (Å²) in [5.41, 5.74) is 7.68. The van der Waals surface area contributed by atoms with Crippen LogP contribution in [0.3, 0.4) is 0 Å². The summed E-state index contributed by atoms with van der Waals surface area (Å²) in [4.78, 5) is 2.72. The third-order valence-corrected chi connectivity index (χ3v) is 3.49. The van der Waals surface area contributed by atoms with Gasteiger partial charge in [-0.15, -0.1) is 0 Å². The second-order valence-electron chi connectivity index (χ2n) is 5.01. The quantitative estimate of drug-likeness (QED) is 0.803. The number of nitrogens with zero attached hydrogens (tertiary/aromatic N) is 1. The zero-order chi connectivity index (χ0) is 13.8. The number of nitrogens with two attached hydrogens (primary N) is 1. The van der Waals surface area contributed by atoms with Crippen molar-refractivity contribution in [1.29, 1.82) is 0 Å². The molecule has 5 heteroatoms. The standard InChI is InChI=1S/C14H20N2O2S/c1-10-6-16(8-13(9-17)18-10)7-11-2-4-12(5-3-11)14(15)19/h2-5,10,13,17H,6-9H2,1H3,(H2,15,19). The van der Waals surface area contributed by atoms with Crippen LogP contribution in [0.2, 0.25) is 0 Å². The lowest BCUT2D eigenvalue weighted by molar-refractivity contribution is -0.0972. The highest BCUT2D eigenvalue weighted by molar-refractivity contribution is 7.80. The lowest BCUT2D eigenvalue weighted by Crippen LogP contribution is -2.47. The van der Waals surface area contributed by atoms with Crippen LogP contribution in [0.1, 0.15) is 18.1 Å². The Morgan fingerprint density at radius 2 is 2.11 bits per heavy atom. The molecule has 3 N–H and O–H groups in total. The first-order valence-electron chi connectivity index (χ1n) is 6.46. The summed E-state index contributed by atoms with van der Waals surface area (Å²) >= 11 is 4.94. The third-order valence-electron chi connectivity index (χ3n) is 3.25. The van der Waals surface area contributed by atoms with Gasteiger partial charge in [0.05, 0.1) is 18.8 Å². The van der Waals surface area contributed by atoms with E-state index in [2.05, 4.69) is 4.90 Å². The molecule has 0 radical (unpaired) electrons. The number of rotatable bonds is 4. The predicted molar refractivity (Wildman–Crippen MR) is 79.0 cm³/mol. The van der Waals surface area contributed by atoms with Crippen LogP contribution >= 0.6 is 12.2 Å². The van der Waals surface area contributed by atoms with Crippen molar-refractivity contribution in [3.63, 3.8) is 0 Å². The minimum absolute atomic E-state index is 0.0707. The Labute approximate surface area is 119 Å². The maximum Gasteiger partial charge on any atom is 0.103 e. The molecule has 0 bridgehead atoms. The van der Waals surface area contributed by atoms with Gasteiger partial charge in [-0.2, -0.15) is 0 Å². The Balaban J connectivity index is 1.98. The molecular weight excluding hydrogens is 260 g/mol. The van der Waals surface area contributed by atoms with Crippen molar-refractivity contribution in [1.82, 2.24) is 4.90 Å². The zero-order valence-corrected chi connectivity index (χ0v) is 11.9. The molecule has 1 heterocycles. The zero-order valence-electron chi connectivity index (χ0n) is 11.1. The van der Waals surface area contributed by atoms with Crippen molar-refractivity contribution in [2.75, 3.05) is 19.7 Å². The summed E-state index contributed by atoms with van der Waals surface area (Å²) < 4.78 is 5.63. The molecule has 0 amide bonds. The molecule has 1 aromatic rings. The monoisotopic (exact) mass is 280 g/mol. The Hall–Kier alpha value is -1.01. The number of hydrogen-bond acceptors (Lipinski definition) is 4. The molecule has 0 spiro atoms. The number of benzene rings is 1. The highest BCUT2D eigenvalue weighted by Gasteiger charge is 2.24. The fourth-order valence-corrected chi connectivity index (χ4v) is 2.54. The topological polar surface area (TPSA) is 58.7 Å². The Morgan fingerprint density at radius 3 is 2.68 bits per heavy atom. The van der Waals surface area contributed by atoms with E-state index in [1.165, 1.54) is 5.56 Å². The van der Waals surface area contributed by atoms with Gasteiger partial charge in [0.1, 0.15) is 4.99 Å². The number of morpholine rings is 1. The van der Waals surface area contributed by atoms with Gasteiger partial charge < -0.3 is 15.6 Å². The molecule has 2 rings (SSSR count). The fraction of sp³-hybridized carbons (Fsp3) is 0.500. The molecule has 1 fully saturated rings. The molecule has 0 aromatic heterocycles. The molecule has 4 nitrogen and oxygen atoms in total. The van der Waals surface area contributed by atoms with E-state index in [0.717, 1.165) is 25.2 Å². The maximum absolute atomic E-state index is 9.21. The van der Waals surface area contributed by atoms with Crippen LogP contribution in [0.15, 0.2) is 24.3 Å². The molecule has 0 aliphatic carbocycles. The highest BCUT2D eigenvalue weighted by atomic mass is 32.1. The molecule has 0 saturated carbocycles. The SMILES string of the molecule is CC1CN(Cc2ccc(C(N)=S)cc2)CC(CO)O1. The lowest BCUT2D eigenvalue weighted by atomic mass is 10.1. The summed E-state index contributed by atoms with van der Waals surface area (Å²) in [5.74, 6) is 0. The van der Waals surface area contributed by atoms with Crippen molar-refractivity contribution in [3.8, 4) is 0 Å². The summed E-state index contributed by atoms with van der Waals surface area (Å²) in [5, 5.41) is 9.21. The van der Waals surface area contributed by atoms with E-state index >= 15 is 0 Å². The van der Waals surface area contributed by atoms with Crippen LogP contribution in [0.5, 0.6) is 0 Å². The van der Waals surface area contributed by atoms with E-state index in [-0.39, 0.29) is 18.8 Å². The van der Waals surface area contributed by atoms with Crippen LogP contribution in [0.4, 0.5) is 0 Å². The van der Waals surface area contributed by atoms with Gasteiger partial charge in [0, 0.05) is 25.2 Å². The molecule has 2 unspecified atom stereocenters. The van der Waals surface area contributed by atoms with Crippen LogP contribution in [0.25, 0.3) is 0 Å². The summed E-state index contributed by atoms with van der Waals surface area (Å²) in [6.07, 6.45) is 0.0708. The van der Waals surface area contributed by atoms with Gasteiger partial charge in [-0.25, -0.2) is 0 Å². The van der Waals surface area contributed by atoms with Crippen LogP contribution < -0.4 is 5.73 Å². The van der Waals surface area contributed by atoms with Gasteiger partial charge in [-0.05, 0) is 12.5 Å². The number of aliphatic hydroxyl groups excluding tert-OH is 1. The van der Waals surface area contributed by atoms with Crippen molar-refractivity contribution in [3.05, 3.63) is 35.4 Å². The van der Waals surface area contributed by atoms with Gasteiger partial charge >= 0.3 is 0 Å². The third kappa shape index (κ3) is 3.98. The smallest absolute Gasteiger partial charge is 0.103 e. The van der Waals surface area contributed by atoms with Gasteiger partial charge in [0.25, 0.3) is 0 Å². The second kappa shape index (κ2) is 6.43. The lowest BCUT2D eigenvalue weighted by Gasteiger charge is -2.36. The fourth-order valence-electron chi connectivity index (χ4n) is 2.40. The largest absolute Gasteiger partial charge is 0.394 e. The molecule has 1 saturated heterocycles. The van der Waals surface area contributed by atoms with E-state index in [4.69, 9.17) is 22.7 Å². The van der Waals surface area contributed by atoms with Gasteiger partial charge in [0.2, 0.25) is 0 Å². The van der Waals surface area contributed by atoms with Crippen LogP contribution in [-0.4, -0.2) is 46.9 Å². The molecular formula is C14H20N2O2S. The Bertz CT molecular complexity index is 436. The van der Waals surface area contributed by atoms with E-state index in [9.17, 15) is 5.11 Å². The minimum atomic E-state index is -0.0837. The molecule has 1 aliphatic rings. The van der Waals surface area contributed by atoms with Gasteiger partial charge in [-0.3, -0.25) is 4.90 Å². The molecule has 104 valence electrons. The Kier molecular flexibility index (Phi) is 4.87. The Morgan fingerprint density at radius 1 is 1.42 bits per heavy atom. The van der Waals surface area contributed by atoms with E-state index in [1.807, 2.05) is 31.2 Å². The van der Waals surface area contributed by atoms with Crippen molar-refractivity contribution >= 4 is 17.2 Å². The highest BCUT2D eigenvalue weighted by Crippen LogP contribution is 2.14. The van der Waals surface area contributed by atoms with Gasteiger partial charge in [0.15, 0.2) is 0 Å².